The van der Waals surface area contributed by atoms with Crippen molar-refractivity contribution in [1.29, 1.82) is 0 Å². The molecule has 0 spiro atoms. The van der Waals surface area contributed by atoms with E-state index in [1.54, 1.807) is 15.9 Å². The lowest BCUT2D eigenvalue weighted by atomic mass is 9.97. The van der Waals surface area contributed by atoms with E-state index < -0.39 is 0 Å². The third kappa shape index (κ3) is 2.87. The Morgan fingerprint density at radius 2 is 2.21 bits per heavy atom. The quantitative estimate of drug-likeness (QED) is 0.640. The molecule has 124 valence electrons. The van der Waals surface area contributed by atoms with Crippen LogP contribution in [0.2, 0.25) is 0 Å². The number of nitrogens with one attached hydrogen (secondary N) is 1. The molecule has 0 fully saturated rings. The van der Waals surface area contributed by atoms with E-state index in [4.69, 9.17) is 12.2 Å². The average Bonchev–Trinajstić information content (AvgIpc) is 2.97. The molecule has 0 aromatic carbocycles. The third-order valence-corrected chi connectivity index (χ3v) is 6.31. The molecular formula is C19H20N2OS2. The molecule has 2 aliphatic carbocycles. The van der Waals surface area contributed by atoms with Crippen LogP contribution in [-0.2, 0) is 19.4 Å². The minimum atomic E-state index is 0.0666. The van der Waals surface area contributed by atoms with Crippen molar-refractivity contribution in [1.82, 2.24) is 9.55 Å². The number of allylic oxidation sites excluding steroid dienone is 6. The second-order valence-electron chi connectivity index (χ2n) is 6.40. The third-order valence-electron chi connectivity index (χ3n) is 4.78. The zero-order valence-corrected chi connectivity index (χ0v) is 15.1. The molecular weight excluding hydrogens is 336 g/mol. The van der Waals surface area contributed by atoms with Crippen molar-refractivity contribution in [3.05, 3.63) is 62.0 Å². The van der Waals surface area contributed by atoms with Crippen molar-refractivity contribution in [2.45, 2.75) is 38.6 Å². The van der Waals surface area contributed by atoms with Crippen LogP contribution in [0.3, 0.4) is 0 Å². The van der Waals surface area contributed by atoms with Gasteiger partial charge in [-0.15, -0.1) is 11.3 Å². The minimum Gasteiger partial charge on any atom is -0.323 e. The minimum absolute atomic E-state index is 0.0666. The molecule has 0 aliphatic heterocycles. The normalized spacial score (nSPS) is 20.1. The second-order valence-corrected chi connectivity index (χ2v) is 7.89. The van der Waals surface area contributed by atoms with Crippen LogP contribution in [0.1, 0.15) is 29.7 Å². The molecule has 0 amide bonds. The Balaban J connectivity index is 1.69. The van der Waals surface area contributed by atoms with Gasteiger partial charge in [-0.3, -0.25) is 9.36 Å². The topological polar surface area (TPSA) is 37.8 Å². The first kappa shape index (κ1) is 15.8. The standard InChI is InChI=1S/C19H20N2OS2/c22-18-16-14-10-4-5-11-15(14)24-17(16)20-19(23)21(18)12-6-9-13-7-2-1-3-8-13/h1-3,6-7,9,13H,4-5,8,10-12H2,(H,20,23). The Bertz CT molecular complexity index is 972. The molecule has 0 saturated heterocycles. The van der Waals surface area contributed by atoms with Crippen molar-refractivity contribution < 1.29 is 0 Å². The fourth-order valence-electron chi connectivity index (χ4n) is 3.52. The van der Waals surface area contributed by atoms with Gasteiger partial charge in [-0.25, -0.2) is 0 Å². The van der Waals surface area contributed by atoms with E-state index in [9.17, 15) is 4.79 Å². The molecule has 2 aromatic heterocycles. The van der Waals surface area contributed by atoms with Crippen LogP contribution in [0.25, 0.3) is 10.2 Å². The summed E-state index contributed by atoms with van der Waals surface area (Å²) in [7, 11) is 0. The number of fused-ring (bicyclic) bond motifs is 3. The highest BCUT2D eigenvalue weighted by molar-refractivity contribution is 7.71. The van der Waals surface area contributed by atoms with Crippen LogP contribution in [-0.4, -0.2) is 9.55 Å². The Morgan fingerprint density at radius 1 is 1.33 bits per heavy atom. The van der Waals surface area contributed by atoms with Gasteiger partial charge in [0.2, 0.25) is 0 Å². The number of aryl methyl sites for hydroxylation is 2. The molecule has 3 nitrogen and oxygen atoms in total. The lowest BCUT2D eigenvalue weighted by Crippen LogP contribution is -2.22. The van der Waals surface area contributed by atoms with E-state index in [0.717, 1.165) is 29.5 Å². The van der Waals surface area contributed by atoms with Gasteiger partial charge in [0, 0.05) is 11.4 Å². The SMILES string of the molecule is O=c1c2c3c(sc2[nH]c(=S)n1CC=CC1C=CC=CC1)CCCC3. The number of aromatic nitrogens is 2. The summed E-state index contributed by atoms with van der Waals surface area (Å²) in [6, 6.07) is 0. The van der Waals surface area contributed by atoms with Gasteiger partial charge in [0.1, 0.15) is 4.83 Å². The van der Waals surface area contributed by atoms with Crippen LogP contribution < -0.4 is 5.56 Å². The predicted octanol–water partition coefficient (Wildman–Crippen LogP) is 4.69. The first-order valence-corrected chi connectivity index (χ1v) is 9.74. The van der Waals surface area contributed by atoms with Gasteiger partial charge in [0.25, 0.3) is 5.56 Å². The Hall–Kier alpha value is -1.72. The lowest BCUT2D eigenvalue weighted by molar-refractivity contribution is 0.697. The Labute approximate surface area is 150 Å². The predicted molar refractivity (Wildman–Crippen MR) is 103 cm³/mol. The number of thiophene rings is 1. The molecule has 5 heteroatoms. The molecule has 0 bridgehead atoms. The van der Waals surface area contributed by atoms with Crippen molar-refractivity contribution in [2.75, 3.05) is 0 Å². The van der Waals surface area contributed by atoms with E-state index in [1.165, 1.54) is 23.3 Å². The molecule has 0 radical (unpaired) electrons. The van der Waals surface area contributed by atoms with Gasteiger partial charge in [-0.05, 0) is 55.8 Å². The van der Waals surface area contributed by atoms with E-state index in [1.807, 2.05) is 0 Å². The summed E-state index contributed by atoms with van der Waals surface area (Å²) in [5, 5.41) is 0.872. The summed E-state index contributed by atoms with van der Waals surface area (Å²) in [5.74, 6) is 0.417. The van der Waals surface area contributed by atoms with Crippen LogP contribution in [0.4, 0.5) is 0 Å². The summed E-state index contributed by atoms with van der Waals surface area (Å²) in [6.07, 6.45) is 18.2. The number of hydrogen-bond acceptors (Lipinski definition) is 3. The second kappa shape index (κ2) is 6.65. The van der Waals surface area contributed by atoms with Gasteiger partial charge in [-0.2, -0.15) is 0 Å². The van der Waals surface area contributed by atoms with Gasteiger partial charge in [0.15, 0.2) is 4.77 Å². The number of rotatable bonds is 3. The van der Waals surface area contributed by atoms with Gasteiger partial charge < -0.3 is 4.98 Å². The molecule has 1 unspecified atom stereocenters. The summed E-state index contributed by atoms with van der Waals surface area (Å²) < 4.78 is 2.22. The van der Waals surface area contributed by atoms with Crippen molar-refractivity contribution >= 4 is 33.8 Å². The molecule has 2 aromatic rings. The number of aromatic amines is 1. The van der Waals surface area contributed by atoms with Crippen LogP contribution in [0.5, 0.6) is 0 Å². The van der Waals surface area contributed by atoms with Gasteiger partial charge in [-0.1, -0.05) is 36.5 Å². The van der Waals surface area contributed by atoms with E-state index in [-0.39, 0.29) is 5.56 Å². The highest BCUT2D eigenvalue weighted by Crippen LogP contribution is 2.33. The fourth-order valence-corrected chi connectivity index (χ4v) is 5.13. The molecule has 4 rings (SSSR count). The Morgan fingerprint density at radius 3 is 3.04 bits per heavy atom. The van der Waals surface area contributed by atoms with Gasteiger partial charge >= 0.3 is 0 Å². The summed E-state index contributed by atoms with van der Waals surface area (Å²) in [4.78, 5) is 18.6. The lowest BCUT2D eigenvalue weighted by Gasteiger charge is -2.10. The molecule has 1 atom stereocenters. The maximum absolute atomic E-state index is 13.0. The maximum atomic E-state index is 13.0. The fraction of sp³-hybridized carbons (Fsp3) is 0.368. The van der Waals surface area contributed by atoms with Crippen molar-refractivity contribution in [3.8, 4) is 0 Å². The van der Waals surface area contributed by atoms with Crippen LogP contribution in [0, 0.1) is 10.7 Å². The number of hydrogen-bond donors (Lipinski definition) is 1. The molecule has 0 saturated carbocycles. The molecule has 2 aliphatic rings. The number of nitrogens with zero attached hydrogens (tertiary/aromatic N) is 1. The van der Waals surface area contributed by atoms with E-state index >= 15 is 0 Å². The van der Waals surface area contributed by atoms with Crippen molar-refractivity contribution in [2.24, 2.45) is 5.92 Å². The average molecular weight is 357 g/mol. The monoisotopic (exact) mass is 356 g/mol. The highest BCUT2D eigenvalue weighted by atomic mass is 32.1. The van der Waals surface area contributed by atoms with E-state index in [2.05, 4.69) is 41.4 Å². The largest absolute Gasteiger partial charge is 0.323 e. The maximum Gasteiger partial charge on any atom is 0.263 e. The summed E-state index contributed by atoms with van der Waals surface area (Å²) in [5.41, 5.74) is 1.33. The van der Waals surface area contributed by atoms with E-state index in [0.29, 0.717) is 17.2 Å². The number of H-pyrrole nitrogens is 1. The zero-order valence-electron chi connectivity index (χ0n) is 13.5. The highest BCUT2D eigenvalue weighted by Gasteiger charge is 2.19. The van der Waals surface area contributed by atoms with Crippen LogP contribution >= 0.6 is 23.6 Å². The Kier molecular flexibility index (Phi) is 4.37. The summed E-state index contributed by atoms with van der Waals surface area (Å²) >= 11 is 7.15. The van der Waals surface area contributed by atoms with Gasteiger partial charge in [0.05, 0.1) is 5.39 Å². The first-order chi connectivity index (χ1) is 11.7. The molecule has 24 heavy (non-hydrogen) atoms. The molecule has 1 N–H and O–H groups in total. The first-order valence-electron chi connectivity index (χ1n) is 8.51. The smallest absolute Gasteiger partial charge is 0.263 e. The zero-order chi connectivity index (χ0) is 16.5. The molecule has 2 heterocycles. The summed E-state index contributed by atoms with van der Waals surface area (Å²) in [6.45, 7) is 0.531. The van der Waals surface area contributed by atoms with Crippen molar-refractivity contribution in [3.63, 3.8) is 0 Å². The van der Waals surface area contributed by atoms with Crippen LogP contribution in [0.15, 0.2) is 41.3 Å².